The van der Waals surface area contributed by atoms with Crippen molar-refractivity contribution in [3.05, 3.63) is 34.9 Å². The maximum absolute atomic E-state index is 11.6. The molecule has 1 aromatic rings. The number of ether oxygens (including phenoxy) is 1. The Morgan fingerprint density at radius 3 is 2.48 bits per heavy atom. The maximum Gasteiger partial charge on any atom is 0.308 e. The lowest BCUT2D eigenvalue weighted by molar-refractivity contribution is -0.141. The Kier molecular flexibility index (Phi) is 4.48. The van der Waals surface area contributed by atoms with Gasteiger partial charge in [0.1, 0.15) is 0 Å². The van der Waals surface area contributed by atoms with E-state index >= 15 is 0 Å². The first kappa shape index (κ1) is 14.8. The van der Waals surface area contributed by atoms with Crippen LogP contribution in [0.25, 0.3) is 0 Å². The van der Waals surface area contributed by atoms with Crippen LogP contribution < -0.4 is 0 Å². The molecular weight excluding hydrogens is 290 g/mol. The van der Waals surface area contributed by atoms with Crippen LogP contribution in [0.2, 0.25) is 5.02 Å². The molecule has 0 saturated carbocycles. The van der Waals surface area contributed by atoms with E-state index in [2.05, 4.69) is 4.90 Å². The van der Waals surface area contributed by atoms with Crippen LogP contribution in [0.3, 0.4) is 0 Å². The molecular formula is C16H20ClNO3. The summed E-state index contributed by atoms with van der Waals surface area (Å²) in [5.74, 6) is -0.999. The number of rotatable bonds is 3. The minimum absolute atomic E-state index is 0.0441. The average molecular weight is 310 g/mol. The van der Waals surface area contributed by atoms with Crippen LogP contribution in [0.1, 0.15) is 24.3 Å². The molecule has 4 nitrogen and oxygen atoms in total. The highest BCUT2D eigenvalue weighted by molar-refractivity contribution is 6.30. The standard InChI is InChI=1S/C16H20ClNO3/c17-12-3-1-11(2-4-12)14-9-18(10-15(14)16(19)20)13-5-7-21-8-6-13/h1-4,13-15H,5-10H2,(H,19,20)/t14-,15+/m0/s1. The van der Waals surface area contributed by atoms with Crippen LogP contribution in [0.15, 0.2) is 24.3 Å². The first-order valence-corrected chi connectivity index (χ1v) is 7.83. The van der Waals surface area contributed by atoms with Crippen LogP contribution in [0, 0.1) is 5.92 Å². The molecule has 5 heteroatoms. The Labute approximate surface area is 129 Å². The highest BCUT2D eigenvalue weighted by Crippen LogP contribution is 2.35. The molecule has 2 fully saturated rings. The minimum atomic E-state index is -0.704. The van der Waals surface area contributed by atoms with E-state index < -0.39 is 5.97 Å². The van der Waals surface area contributed by atoms with Crippen LogP contribution in [0.4, 0.5) is 0 Å². The van der Waals surface area contributed by atoms with E-state index in [0.717, 1.165) is 38.2 Å². The molecule has 2 saturated heterocycles. The van der Waals surface area contributed by atoms with Crippen LogP contribution in [-0.2, 0) is 9.53 Å². The molecule has 1 N–H and O–H groups in total. The van der Waals surface area contributed by atoms with E-state index in [1.54, 1.807) is 0 Å². The molecule has 0 aliphatic carbocycles. The first-order chi connectivity index (χ1) is 10.1. The summed E-state index contributed by atoms with van der Waals surface area (Å²) >= 11 is 5.93. The van der Waals surface area contributed by atoms with E-state index in [9.17, 15) is 9.90 Å². The van der Waals surface area contributed by atoms with Crippen molar-refractivity contribution in [3.63, 3.8) is 0 Å². The normalized spacial score (nSPS) is 27.9. The second-order valence-corrected chi connectivity index (χ2v) is 6.34. The number of carbonyl (C=O) groups is 1. The lowest BCUT2D eigenvalue weighted by Gasteiger charge is -2.31. The van der Waals surface area contributed by atoms with Crippen molar-refractivity contribution in [2.45, 2.75) is 24.8 Å². The van der Waals surface area contributed by atoms with Gasteiger partial charge in [-0.1, -0.05) is 23.7 Å². The summed E-state index contributed by atoms with van der Waals surface area (Å²) in [5.41, 5.74) is 1.07. The number of likely N-dealkylation sites (tertiary alicyclic amines) is 1. The average Bonchev–Trinajstić information content (AvgIpc) is 2.94. The van der Waals surface area contributed by atoms with Crippen LogP contribution in [0.5, 0.6) is 0 Å². The molecule has 0 bridgehead atoms. The molecule has 3 rings (SSSR count). The summed E-state index contributed by atoms with van der Waals surface area (Å²) < 4.78 is 5.40. The Bertz CT molecular complexity index is 499. The van der Waals surface area contributed by atoms with Gasteiger partial charge in [0, 0.05) is 43.3 Å². The summed E-state index contributed by atoms with van der Waals surface area (Å²) in [6.45, 7) is 3.01. The summed E-state index contributed by atoms with van der Waals surface area (Å²) in [7, 11) is 0. The predicted octanol–water partition coefficient (Wildman–Crippen LogP) is 2.62. The number of aliphatic carboxylic acids is 1. The van der Waals surface area contributed by atoms with Crippen LogP contribution in [-0.4, -0.2) is 48.3 Å². The highest BCUT2D eigenvalue weighted by atomic mass is 35.5. The third-order valence-corrected chi connectivity index (χ3v) is 4.92. The topological polar surface area (TPSA) is 49.8 Å². The van der Waals surface area contributed by atoms with Crippen molar-refractivity contribution < 1.29 is 14.6 Å². The number of benzene rings is 1. The fourth-order valence-corrected chi connectivity index (χ4v) is 3.61. The number of hydrogen-bond acceptors (Lipinski definition) is 3. The van der Waals surface area contributed by atoms with E-state index in [1.165, 1.54) is 0 Å². The molecule has 0 spiro atoms. The SMILES string of the molecule is O=C(O)[C@@H]1CN(C2CCOCC2)C[C@H]1c1ccc(Cl)cc1. The lowest BCUT2D eigenvalue weighted by atomic mass is 9.89. The Morgan fingerprint density at radius 2 is 1.86 bits per heavy atom. The Balaban J connectivity index is 1.78. The molecule has 0 radical (unpaired) electrons. The van der Waals surface area contributed by atoms with Gasteiger partial charge in [-0.05, 0) is 30.5 Å². The number of carboxylic acid groups (broad SMARTS) is 1. The number of halogens is 1. The second-order valence-electron chi connectivity index (χ2n) is 5.90. The third kappa shape index (κ3) is 3.23. The van der Waals surface area contributed by atoms with E-state index in [0.29, 0.717) is 17.6 Å². The molecule has 0 unspecified atom stereocenters. The molecule has 2 aliphatic heterocycles. The van der Waals surface area contributed by atoms with Gasteiger partial charge in [0.15, 0.2) is 0 Å². The molecule has 2 heterocycles. The van der Waals surface area contributed by atoms with E-state index in [4.69, 9.17) is 16.3 Å². The van der Waals surface area contributed by atoms with Gasteiger partial charge in [0.2, 0.25) is 0 Å². The molecule has 114 valence electrons. The first-order valence-electron chi connectivity index (χ1n) is 7.45. The molecule has 2 aliphatic rings. The summed E-state index contributed by atoms with van der Waals surface area (Å²) in [6, 6.07) is 8.05. The van der Waals surface area contributed by atoms with Crippen molar-refractivity contribution in [1.82, 2.24) is 4.90 Å². The summed E-state index contributed by atoms with van der Waals surface area (Å²) in [6.07, 6.45) is 2.00. The van der Waals surface area contributed by atoms with E-state index in [1.807, 2.05) is 24.3 Å². The van der Waals surface area contributed by atoms with E-state index in [-0.39, 0.29) is 11.8 Å². The fraction of sp³-hybridized carbons (Fsp3) is 0.562. The van der Waals surface area contributed by atoms with Crippen molar-refractivity contribution in [2.75, 3.05) is 26.3 Å². The third-order valence-electron chi connectivity index (χ3n) is 4.67. The molecule has 2 atom stereocenters. The van der Waals surface area contributed by atoms with Gasteiger partial charge in [-0.3, -0.25) is 9.69 Å². The predicted molar refractivity (Wildman–Crippen MR) is 80.7 cm³/mol. The molecule has 21 heavy (non-hydrogen) atoms. The van der Waals surface area contributed by atoms with Crippen LogP contribution >= 0.6 is 11.6 Å². The Hall–Kier alpha value is -1.10. The smallest absolute Gasteiger partial charge is 0.308 e. The summed E-state index contributed by atoms with van der Waals surface area (Å²) in [5, 5.41) is 10.2. The fourth-order valence-electron chi connectivity index (χ4n) is 3.48. The number of nitrogens with zero attached hydrogens (tertiary/aromatic N) is 1. The van der Waals surface area contributed by atoms with Gasteiger partial charge >= 0.3 is 5.97 Å². The van der Waals surface area contributed by atoms with Gasteiger partial charge in [-0.25, -0.2) is 0 Å². The maximum atomic E-state index is 11.6. The van der Waals surface area contributed by atoms with Crippen molar-refractivity contribution in [3.8, 4) is 0 Å². The Morgan fingerprint density at radius 1 is 1.19 bits per heavy atom. The summed E-state index contributed by atoms with van der Waals surface area (Å²) in [4.78, 5) is 13.9. The quantitative estimate of drug-likeness (QED) is 0.932. The molecule has 0 amide bonds. The largest absolute Gasteiger partial charge is 0.481 e. The second kappa shape index (κ2) is 6.34. The number of carboxylic acids is 1. The van der Waals surface area contributed by atoms with Gasteiger partial charge in [0.05, 0.1) is 5.92 Å². The van der Waals surface area contributed by atoms with Gasteiger partial charge in [-0.15, -0.1) is 0 Å². The zero-order valence-electron chi connectivity index (χ0n) is 11.9. The molecule has 1 aromatic carbocycles. The van der Waals surface area contributed by atoms with Crippen molar-refractivity contribution in [1.29, 1.82) is 0 Å². The van der Waals surface area contributed by atoms with Gasteiger partial charge in [-0.2, -0.15) is 0 Å². The van der Waals surface area contributed by atoms with Crippen molar-refractivity contribution >= 4 is 17.6 Å². The van der Waals surface area contributed by atoms with Gasteiger partial charge < -0.3 is 9.84 Å². The van der Waals surface area contributed by atoms with Crippen molar-refractivity contribution in [2.24, 2.45) is 5.92 Å². The highest BCUT2D eigenvalue weighted by Gasteiger charge is 2.41. The number of hydrogen-bond donors (Lipinski definition) is 1. The zero-order valence-corrected chi connectivity index (χ0v) is 12.6. The van der Waals surface area contributed by atoms with Gasteiger partial charge in [0.25, 0.3) is 0 Å². The minimum Gasteiger partial charge on any atom is -0.481 e. The zero-order chi connectivity index (χ0) is 14.8. The monoisotopic (exact) mass is 309 g/mol. The lowest BCUT2D eigenvalue weighted by Crippen LogP contribution is -2.38. The molecule has 0 aromatic heterocycles.